The molecule has 4 heteroatoms. The van der Waals surface area contributed by atoms with Crippen LogP contribution in [0.1, 0.15) is 43.2 Å². The van der Waals surface area contributed by atoms with E-state index in [-0.39, 0.29) is 11.0 Å². The van der Waals surface area contributed by atoms with E-state index in [9.17, 15) is 14.8 Å². The molecule has 0 aliphatic heterocycles. The molecule has 1 aromatic carbocycles. The fourth-order valence-corrected chi connectivity index (χ4v) is 3.18. The van der Waals surface area contributed by atoms with Crippen LogP contribution in [0.25, 0.3) is 5.69 Å². The summed E-state index contributed by atoms with van der Waals surface area (Å²) in [5.41, 5.74) is 2.38. The second-order valence-electron chi connectivity index (χ2n) is 6.39. The fraction of sp³-hybridized carbons (Fsp3) is 0.353. The molecule has 108 valence electrons. The number of halogens is 1. The molecule has 0 radical (unpaired) electrons. The van der Waals surface area contributed by atoms with E-state index in [4.69, 9.17) is 0 Å². The minimum atomic E-state index is -0.520. The summed E-state index contributed by atoms with van der Waals surface area (Å²) in [6.07, 6.45) is 2.79. The van der Waals surface area contributed by atoms with Gasteiger partial charge in [-0.05, 0) is 36.5 Å². The monoisotopic (exact) mass is 284 g/mol. The van der Waals surface area contributed by atoms with E-state index in [1.807, 2.05) is 22.9 Å². The van der Waals surface area contributed by atoms with Crippen LogP contribution in [0.15, 0.2) is 30.5 Å². The van der Waals surface area contributed by atoms with Gasteiger partial charge in [-0.3, -0.25) is 0 Å². The molecule has 1 N–H and O–H groups in total. The molecular weight excluding hydrogens is 267 g/mol. The van der Waals surface area contributed by atoms with Crippen LogP contribution < -0.4 is 0 Å². The largest absolute Gasteiger partial charge is 0.388 e. The van der Waals surface area contributed by atoms with Gasteiger partial charge in [-0.2, -0.15) is 5.26 Å². The Labute approximate surface area is 123 Å². The molecule has 1 heterocycles. The van der Waals surface area contributed by atoms with Gasteiger partial charge in [-0.25, -0.2) is 4.39 Å². The van der Waals surface area contributed by atoms with E-state index >= 15 is 0 Å². The van der Waals surface area contributed by atoms with Gasteiger partial charge in [-0.15, -0.1) is 0 Å². The normalized spacial score (nSPS) is 19.9. The quantitative estimate of drug-likeness (QED) is 0.871. The molecule has 0 bridgehead atoms. The highest BCUT2D eigenvalue weighted by atomic mass is 19.1. The number of benzene rings is 1. The molecule has 1 aromatic heterocycles. The van der Waals surface area contributed by atoms with Crippen molar-refractivity contribution in [2.24, 2.45) is 5.41 Å². The molecule has 1 aliphatic carbocycles. The standard InChI is InChI=1S/C17H17FN2O/c1-17(2)8-15-11(16(21)9-17)6-7-20(15)14-5-3-4-13(18)12(14)10-19/h3-7,16,21H,8-9H2,1-2H3. The fourth-order valence-electron chi connectivity index (χ4n) is 3.18. The lowest BCUT2D eigenvalue weighted by Gasteiger charge is -2.34. The summed E-state index contributed by atoms with van der Waals surface area (Å²) in [5, 5.41) is 19.5. The molecule has 0 saturated heterocycles. The minimum absolute atomic E-state index is 0.0251. The van der Waals surface area contributed by atoms with E-state index in [2.05, 4.69) is 13.8 Å². The van der Waals surface area contributed by atoms with Crippen molar-refractivity contribution in [2.75, 3.05) is 0 Å². The van der Waals surface area contributed by atoms with Crippen molar-refractivity contribution in [3.8, 4) is 11.8 Å². The lowest BCUT2D eigenvalue weighted by Crippen LogP contribution is -2.26. The van der Waals surface area contributed by atoms with Gasteiger partial charge in [0.25, 0.3) is 0 Å². The number of nitrogens with zero attached hydrogens (tertiary/aromatic N) is 2. The van der Waals surface area contributed by atoms with Gasteiger partial charge in [0.2, 0.25) is 0 Å². The molecular formula is C17H17FN2O. The van der Waals surface area contributed by atoms with E-state index < -0.39 is 11.9 Å². The first kappa shape index (κ1) is 13.8. The van der Waals surface area contributed by atoms with Crippen molar-refractivity contribution in [2.45, 2.75) is 32.8 Å². The van der Waals surface area contributed by atoms with Crippen LogP contribution in [0.4, 0.5) is 4.39 Å². The molecule has 3 nitrogen and oxygen atoms in total. The summed E-state index contributed by atoms with van der Waals surface area (Å²) in [6.45, 7) is 4.21. The number of aliphatic hydroxyl groups excluding tert-OH is 1. The van der Waals surface area contributed by atoms with E-state index in [0.29, 0.717) is 12.1 Å². The van der Waals surface area contributed by atoms with Gasteiger partial charge >= 0.3 is 0 Å². The summed E-state index contributed by atoms with van der Waals surface area (Å²) in [6, 6.07) is 8.41. The van der Waals surface area contributed by atoms with Gasteiger partial charge in [0.15, 0.2) is 0 Å². The summed E-state index contributed by atoms with van der Waals surface area (Å²) < 4.78 is 15.7. The maximum absolute atomic E-state index is 13.8. The molecule has 2 aromatic rings. The predicted octanol–water partition coefficient (Wildman–Crippen LogP) is 3.49. The van der Waals surface area contributed by atoms with Crippen LogP contribution in [0.3, 0.4) is 0 Å². The lowest BCUT2D eigenvalue weighted by molar-refractivity contribution is 0.0987. The van der Waals surface area contributed by atoms with Crippen molar-refractivity contribution >= 4 is 0 Å². The zero-order chi connectivity index (χ0) is 15.2. The van der Waals surface area contributed by atoms with Crippen LogP contribution in [0.5, 0.6) is 0 Å². The van der Waals surface area contributed by atoms with Gasteiger partial charge < -0.3 is 9.67 Å². The average Bonchev–Trinajstić information content (AvgIpc) is 2.80. The van der Waals surface area contributed by atoms with Crippen molar-refractivity contribution < 1.29 is 9.50 Å². The lowest BCUT2D eigenvalue weighted by atomic mass is 9.75. The van der Waals surface area contributed by atoms with Crippen molar-refractivity contribution in [1.82, 2.24) is 4.57 Å². The SMILES string of the molecule is CC1(C)Cc2c(ccn2-c2cccc(F)c2C#N)C(O)C1. The Morgan fingerprint density at radius 3 is 2.86 bits per heavy atom. The maximum Gasteiger partial charge on any atom is 0.143 e. The third-order valence-electron chi connectivity index (χ3n) is 4.14. The Kier molecular flexibility index (Phi) is 3.11. The Bertz CT molecular complexity index is 740. The number of hydrogen-bond acceptors (Lipinski definition) is 2. The van der Waals surface area contributed by atoms with Crippen LogP contribution in [0.2, 0.25) is 0 Å². The molecule has 1 aliphatic rings. The van der Waals surface area contributed by atoms with Crippen LogP contribution in [-0.2, 0) is 6.42 Å². The second kappa shape index (κ2) is 4.71. The highest BCUT2D eigenvalue weighted by Crippen LogP contribution is 2.42. The zero-order valence-electron chi connectivity index (χ0n) is 12.1. The Balaban J connectivity index is 2.20. The van der Waals surface area contributed by atoms with Crippen LogP contribution in [-0.4, -0.2) is 9.67 Å². The maximum atomic E-state index is 13.8. The van der Waals surface area contributed by atoms with E-state index in [1.54, 1.807) is 12.1 Å². The van der Waals surface area contributed by atoms with E-state index in [1.165, 1.54) is 6.07 Å². The number of fused-ring (bicyclic) bond motifs is 1. The number of hydrogen-bond donors (Lipinski definition) is 1. The second-order valence-corrected chi connectivity index (χ2v) is 6.39. The molecule has 21 heavy (non-hydrogen) atoms. The van der Waals surface area contributed by atoms with Crippen LogP contribution >= 0.6 is 0 Å². The van der Waals surface area contributed by atoms with Crippen molar-refractivity contribution in [3.63, 3.8) is 0 Å². The first-order valence-electron chi connectivity index (χ1n) is 7.00. The molecule has 0 amide bonds. The Hall–Kier alpha value is -2.12. The molecule has 0 fully saturated rings. The molecule has 1 unspecified atom stereocenters. The highest BCUT2D eigenvalue weighted by Gasteiger charge is 2.33. The highest BCUT2D eigenvalue weighted by molar-refractivity contribution is 5.52. The predicted molar refractivity (Wildman–Crippen MR) is 77.5 cm³/mol. The Morgan fingerprint density at radius 1 is 1.38 bits per heavy atom. The van der Waals surface area contributed by atoms with Gasteiger partial charge in [0.05, 0.1) is 11.8 Å². The van der Waals surface area contributed by atoms with Crippen molar-refractivity contribution in [1.29, 1.82) is 5.26 Å². The third-order valence-corrected chi connectivity index (χ3v) is 4.14. The van der Waals surface area contributed by atoms with Gasteiger partial charge in [-0.1, -0.05) is 19.9 Å². The molecule has 0 saturated carbocycles. The average molecular weight is 284 g/mol. The van der Waals surface area contributed by atoms with Crippen LogP contribution in [0, 0.1) is 22.6 Å². The number of nitriles is 1. The summed E-state index contributed by atoms with van der Waals surface area (Å²) >= 11 is 0. The smallest absolute Gasteiger partial charge is 0.143 e. The topological polar surface area (TPSA) is 49.0 Å². The first-order valence-corrected chi connectivity index (χ1v) is 7.00. The van der Waals surface area contributed by atoms with E-state index in [0.717, 1.165) is 17.7 Å². The minimum Gasteiger partial charge on any atom is -0.388 e. The molecule has 1 atom stereocenters. The molecule has 3 rings (SSSR count). The third kappa shape index (κ3) is 2.24. The number of aromatic nitrogens is 1. The summed E-state index contributed by atoms with van der Waals surface area (Å²) in [4.78, 5) is 0. The van der Waals surface area contributed by atoms with Gasteiger partial charge in [0, 0.05) is 17.5 Å². The van der Waals surface area contributed by atoms with Gasteiger partial charge in [0.1, 0.15) is 17.4 Å². The first-order chi connectivity index (χ1) is 9.93. The van der Waals surface area contributed by atoms with Crippen molar-refractivity contribution in [3.05, 3.63) is 53.1 Å². The molecule has 0 spiro atoms. The summed E-state index contributed by atoms with van der Waals surface area (Å²) in [7, 11) is 0. The number of rotatable bonds is 1. The number of aliphatic hydroxyl groups is 1. The Morgan fingerprint density at radius 2 is 2.14 bits per heavy atom. The summed E-state index contributed by atoms with van der Waals surface area (Å²) in [5.74, 6) is -0.520. The zero-order valence-corrected chi connectivity index (χ0v) is 12.1.